The molecule has 1 aromatic carbocycles. The number of alkyl halides is 2. The van der Waals surface area contributed by atoms with Crippen molar-refractivity contribution >= 4 is 62.4 Å². The summed E-state index contributed by atoms with van der Waals surface area (Å²) in [5.41, 5.74) is -3.91. The maximum atomic E-state index is 17.8. The average Bonchev–Trinajstić information content (AvgIpc) is 3.89. The number of aliphatic hydroxyl groups excluding tert-OH is 3. The fraction of sp³-hybridized carbons (Fsp3) is 0.548. The number of thiophene rings is 1. The van der Waals surface area contributed by atoms with Crippen LogP contribution in [-0.2, 0) is 39.9 Å². The molecule has 11 atom stereocenters. The van der Waals surface area contributed by atoms with E-state index in [1.54, 1.807) is 43.4 Å². The number of hydrogen-bond donors (Lipinski definition) is 7. The van der Waals surface area contributed by atoms with Crippen LogP contribution in [0.25, 0.3) is 0 Å². The number of amides is 3. The minimum Gasteiger partial charge on any atom is -0.481 e. The van der Waals surface area contributed by atoms with E-state index in [-0.39, 0.29) is 31.1 Å². The molecule has 7 N–H and O–H groups in total. The van der Waals surface area contributed by atoms with Crippen LogP contribution >= 0.6 is 27.3 Å². The smallest absolute Gasteiger partial charge is 0.303 e. The molecule has 0 bridgehead atoms. The molecule has 318 valence electrons. The second-order valence-corrected chi connectivity index (χ2v) is 18.4. The number of rotatable bonds is 14. The molecule has 14 nitrogen and oxygen atoms in total. The minimum absolute atomic E-state index is 0.0120. The van der Waals surface area contributed by atoms with Gasteiger partial charge in [0.05, 0.1) is 35.1 Å². The van der Waals surface area contributed by atoms with Gasteiger partial charge in [0.15, 0.2) is 23.3 Å². The van der Waals surface area contributed by atoms with Crippen LogP contribution in [0.2, 0.25) is 0 Å². The third-order valence-electron chi connectivity index (χ3n) is 13.4. The highest BCUT2D eigenvalue weighted by molar-refractivity contribution is 9.09. The number of fused-ring (bicyclic) bond motifs is 7. The normalized spacial score (nSPS) is 34.7. The molecule has 2 aromatic rings. The molecule has 4 fully saturated rings. The Kier molecular flexibility index (Phi) is 12.1. The average molecular weight is 903 g/mol. The molecule has 7 rings (SSSR count). The molecule has 0 radical (unpaired) electrons. The number of hydrogen-bond acceptors (Lipinski definition) is 11. The molecule has 1 unspecified atom stereocenters. The first kappa shape index (κ1) is 43.3. The number of benzene rings is 1. The molecule has 1 aliphatic heterocycles. The Labute approximate surface area is 352 Å². The third-order valence-corrected chi connectivity index (χ3v) is 15.0. The zero-order valence-electron chi connectivity index (χ0n) is 32.6. The molecule has 5 aliphatic rings. The number of Topliss-reactive ketones (excluding diaryl/α,β-unsaturated/α-hetero) is 1. The van der Waals surface area contributed by atoms with Crippen molar-refractivity contribution in [1.29, 1.82) is 0 Å². The van der Waals surface area contributed by atoms with Crippen molar-refractivity contribution < 1.29 is 58.3 Å². The number of aliphatic carboxylic acids is 1. The Hall–Kier alpha value is -3.84. The largest absolute Gasteiger partial charge is 0.481 e. The van der Waals surface area contributed by atoms with Crippen LogP contribution in [0.4, 0.5) is 10.1 Å². The third kappa shape index (κ3) is 7.50. The lowest BCUT2D eigenvalue weighted by molar-refractivity contribution is -0.231. The van der Waals surface area contributed by atoms with Crippen LogP contribution in [0.3, 0.4) is 0 Å². The quantitative estimate of drug-likeness (QED) is 0.107. The lowest BCUT2D eigenvalue weighted by Crippen LogP contribution is -2.69. The van der Waals surface area contributed by atoms with Gasteiger partial charge in [-0.25, -0.2) is 4.39 Å². The predicted molar refractivity (Wildman–Crippen MR) is 216 cm³/mol. The van der Waals surface area contributed by atoms with Gasteiger partial charge in [-0.1, -0.05) is 58.8 Å². The molecule has 2 heterocycles. The molecular weight excluding hydrogens is 853 g/mol. The molecule has 3 amide bonds. The van der Waals surface area contributed by atoms with Gasteiger partial charge in [0.1, 0.15) is 12.6 Å². The lowest BCUT2D eigenvalue weighted by atomic mass is 9.44. The first-order valence-electron chi connectivity index (χ1n) is 19.7. The van der Waals surface area contributed by atoms with Gasteiger partial charge in [0.2, 0.25) is 17.7 Å². The van der Waals surface area contributed by atoms with E-state index in [9.17, 15) is 44.4 Å². The molecule has 59 heavy (non-hydrogen) atoms. The van der Waals surface area contributed by atoms with Gasteiger partial charge in [-0.15, -0.1) is 11.3 Å². The molecule has 1 aromatic heterocycles. The van der Waals surface area contributed by atoms with E-state index in [4.69, 9.17) is 9.47 Å². The number of ketones is 1. The van der Waals surface area contributed by atoms with Crippen molar-refractivity contribution in [2.24, 2.45) is 22.7 Å². The summed E-state index contributed by atoms with van der Waals surface area (Å²) in [7, 11) is 0. The topological polar surface area (TPSA) is 221 Å². The minimum atomic E-state index is -2.06. The Morgan fingerprint density at radius 2 is 1.86 bits per heavy atom. The van der Waals surface area contributed by atoms with Crippen molar-refractivity contribution in [3.05, 3.63) is 75.5 Å². The number of carboxylic acids is 1. The van der Waals surface area contributed by atoms with Gasteiger partial charge in [0, 0.05) is 40.2 Å². The summed E-state index contributed by atoms with van der Waals surface area (Å²) in [5.74, 6) is -4.47. The van der Waals surface area contributed by atoms with Crippen molar-refractivity contribution in [3.8, 4) is 0 Å². The van der Waals surface area contributed by atoms with Crippen molar-refractivity contribution in [3.63, 3.8) is 0 Å². The van der Waals surface area contributed by atoms with Crippen molar-refractivity contribution in [2.75, 3.05) is 23.8 Å². The fourth-order valence-corrected chi connectivity index (χ4v) is 11.8. The Morgan fingerprint density at radius 1 is 1.08 bits per heavy atom. The lowest BCUT2D eigenvalue weighted by Gasteiger charge is -2.62. The Morgan fingerprint density at radius 3 is 2.59 bits per heavy atom. The van der Waals surface area contributed by atoms with Gasteiger partial charge < -0.3 is 45.9 Å². The summed E-state index contributed by atoms with van der Waals surface area (Å²) in [4.78, 5) is 63.9. The molecule has 4 aliphatic carbocycles. The monoisotopic (exact) mass is 901 g/mol. The number of carboxylic acid groups (broad SMARTS) is 1. The highest BCUT2D eigenvalue weighted by Crippen LogP contribution is 2.72. The molecule has 17 heteroatoms. The van der Waals surface area contributed by atoms with E-state index in [2.05, 4.69) is 31.9 Å². The molecule has 0 spiro atoms. The highest BCUT2D eigenvalue weighted by atomic mass is 79.9. The van der Waals surface area contributed by atoms with Crippen LogP contribution in [-0.4, -0.2) is 104 Å². The number of carbonyl (C=O) groups is 5. The Balaban J connectivity index is 1.05. The van der Waals surface area contributed by atoms with Crippen LogP contribution in [0.5, 0.6) is 0 Å². The molecular formula is C42H49BrFN3O11S. The van der Waals surface area contributed by atoms with Gasteiger partial charge in [-0.05, 0) is 74.8 Å². The fourth-order valence-electron chi connectivity index (χ4n) is 10.6. The predicted octanol–water partition coefficient (Wildman–Crippen LogP) is 3.62. The van der Waals surface area contributed by atoms with E-state index in [0.29, 0.717) is 36.2 Å². The maximum Gasteiger partial charge on any atom is 0.303 e. The number of halogens is 2. The Bertz CT molecular complexity index is 2080. The summed E-state index contributed by atoms with van der Waals surface area (Å²) in [6.45, 7) is 2.43. The number of carbonyl (C=O) groups excluding carboxylic acids is 4. The van der Waals surface area contributed by atoms with Gasteiger partial charge >= 0.3 is 5.97 Å². The second kappa shape index (κ2) is 16.6. The van der Waals surface area contributed by atoms with Crippen LogP contribution in [0.1, 0.15) is 74.0 Å². The summed E-state index contributed by atoms with van der Waals surface area (Å²) in [5, 5.41) is 49.2. The van der Waals surface area contributed by atoms with E-state index in [1.165, 1.54) is 11.3 Å². The number of allylic oxidation sites excluding steroid dienone is 2. The number of aliphatic hydroxyl groups is 3. The molecule has 1 saturated heterocycles. The van der Waals surface area contributed by atoms with Crippen LogP contribution < -0.4 is 16.0 Å². The standard InChI is InChI=1S/C42H49BrFN3O11S/c1-39-13-12-25(49)16-23(39)6-8-27-28-17-33-42(32(51)21-48,40(28,2)18-31(50)41(27,39)44)58-38(57-33)30-10-7-26(59-30)15-22-4-3-5-24(14-22)46-37(56)29(9-11-36(54)55)47-35(53)20-45-34(52)19-43/h3-5,7,10,12-14,16,25,27-29,31,33,38,48-50H,6,8-9,11,15,17-21H2,1-2H3,(H,45,52)(H,46,56)(H,47,53)(H,54,55)/t25?,27-,28-,29-,31-,33+,38+,39-,40-,41-,42+/m0/s1. The van der Waals surface area contributed by atoms with E-state index < -0.39 is 101 Å². The first-order chi connectivity index (χ1) is 28.0. The first-order valence-corrected chi connectivity index (χ1v) is 21.7. The van der Waals surface area contributed by atoms with Crippen molar-refractivity contribution in [2.45, 2.75) is 101 Å². The van der Waals surface area contributed by atoms with Gasteiger partial charge in [-0.2, -0.15) is 0 Å². The highest BCUT2D eigenvalue weighted by Gasteiger charge is 2.79. The summed E-state index contributed by atoms with van der Waals surface area (Å²) in [6, 6.07) is 9.58. The number of nitrogens with one attached hydrogen (secondary N) is 3. The second-order valence-electron chi connectivity index (χ2n) is 16.7. The summed E-state index contributed by atoms with van der Waals surface area (Å²) >= 11 is 4.38. The zero-order valence-corrected chi connectivity index (χ0v) is 35.0. The van der Waals surface area contributed by atoms with Crippen molar-refractivity contribution in [1.82, 2.24) is 10.6 Å². The molecule has 3 saturated carbocycles. The van der Waals surface area contributed by atoms with Gasteiger partial charge in [-0.3, -0.25) is 24.0 Å². The number of ether oxygens (including phenoxy) is 2. The maximum absolute atomic E-state index is 17.8. The summed E-state index contributed by atoms with van der Waals surface area (Å²) in [6.07, 6.45) is 1.90. The SMILES string of the molecule is C[C@]12C=CC(O)C=C1CC[C@H]1[C@@H]3C[C@H]4O[C@@H](c5ccc(Cc6cccc(NC(=O)[C@H](CCC(=O)O)NC(=O)CNC(=O)CBr)c6)s5)O[C@@]4(C(=O)CO)[C@@]3(C)C[C@H](O)[C@@]12F. The van der Waals surface area contributed by atoms with E-state index in [1.807, 2.05) is 25.1 Å². The number of anilines is 1. The van der Waals surface area contributed by atoms with Gasteiger partial charge in [0.25, 0.3) is 0 Å². The van der Waals surface area contributed by atoms with E-state index in [0.717, 1.165) is 16.0 Å². The zero-order chi connectivity index (χ0) is 42.5. The summed E-state index contributed by atoms with van der Waals surface area (Å²) < 4.78 is 31.0. The van der Waals surface area contributed by atoms with Crippen LogP contribution in [0.15, 0.2) is 60.2 Å². The van der Waals surface area contributed by atoms with E-state index >= 15 is 4.39 Å². The van der Waals surface area contributed by atoms with Crippen LogP contribution in [0, 0.1) is 22.7 Å².